The second-order valence-electron chi connectivity index (χ2n) is 23.7. The summed E-state index contributed by atoms with van der Waals surface area (Å²) in [5, 5.41) is 3.69. The Morgan fingerprint density at radius 3 is 2.05 bits per heavy atom. The number of ether oxygens (including phenoxy) is 2. The number of carbonyl (C=O) groups is 10. The number of rotatable bonds is 40. The highest BCUT2D eigenvalue weighted by atomic mass is 16.5. The van der Waals surface area contributed by atoms with Gasteiger partial charge in [-0.25, -0.2) is 0 Å². The van der Waals surface area contributed by atoms with Crippen LogP contribution in [0.3, 0.4) is 0 Å². The number of Topliss-reactive ketones (excluding diaryl/α,β-unsaturated/α-hetero) is 4. The summed E-state index contributed by atoms with van der Waals surface area (Å²) in [6.45, 7) is 14.7. The number of nitrogens with two attached hydrogens (primary N) is 1. The van der Waals surface area contributed by atoms with Crippen LogP contribution >= 0.6 is 0 Å². The van der Waals surface area contributed by atoms with Crippen LogP contribution in [0.4, 0.5) is 0 Å². The van der Waals surface area contributed by atoms with Crippen molar-refractivity contribution in [3.05, 3.63) is 48.2 Å². The molecule has 456 valence electrons. The highest BCUT2D eigenvalue weighted by molar-refractivity contribution is 6.12. The van der Waals surface area contributed by atoms with Crippen LogP contribution < -0.4 is 11.1 Å². The third kappa shape index (κ3) is 19.9. The Bertz CT molecular complexity index is 2500. The normalized spacial score (nSPS) is 17.5. The number of nitrogens with zero attached hydrogens (tertiary/aromatic N) is 4. The number of H-pyrrole nitrogens is 1. The number of likely N-dealkylation sites (N-methyl/N-ethyl adjacent to an activating group) is 2. The van der Waals surface area contributed by atoms with E-state index in [2.05, 4.69) is 10.3 Å². The van der Waals surface area contributed by atoms with Gasteiger partial charge in [-0.05, 0) is 87.9 Å². The van der Waals surface area contributed by atoms with E-state index in [1.54, 1.807) is 30.9 Å². The van der Waals surface area contributed by atoms with Crippen molar-refractivity contribution >= 4 is 69.5 Å². The summed E-state index contributed by atoms with van der Waals surface area (Å²) in [5.74, 6) is -4.59. The van der Waals surface area contributed by atoms with Crippen molar-refractivity contribution in [2.45, 2.75) is 188 Å². The van der Waals surface area contributed by atoms with E-state index in [9.17, 15) is 47.9 Å². The number of para-hydroxylation sites is 1. The monoisotopic (exact) mass is 1140 g/mol. The maximum absolute atomic E-state index is 14.8. The lowest BCUT2D eigenvalue weighted by molar-refractivity contribution is -0.149. The van der Waals surface area contributed by atoms with Crippen LogP contribution in [-0.2, 0) is 63.8 Å². The Hall–Kier alpha value is -5.92. The molecule has 1 aromatic heterocycles. The molecule has 19 heteroatoms. The maximum Gasteiger partial charge on any atom is 0.253 e. The number of methoxy groups -OCH3 is 2. The molecule has 19 nitrogen and oxygen atoms in total. The van der Waals surface area contributed by atoms with E-state index >= 15 is 0 Å². The van der Waals surface area contributed by atoms with Gasteiger partial charge in [0.15, 0.2) is 11.6 Å². The number of ketones is 4. The molecule has 0 bridgehead atoms. The Labute approximate surface area is 486 Å². The Balaban J connectivity index is 1.26. The molecule has 0 saturated carbocycles. The third-order valence-electron chi connectivity index (χ3n) is 17.1. The van der Waals surface area contributed by atoms with Crippen LogP contribution in [0.1, 0.15) is 157 Å². The molecule has 4 N–H and O–H groups in total. The fraction of sp³-hybridized carbons (Fsp3) is 0.683. The first-order valence-corrected chi connectivity index (χ1v) is 30.0. The van der Waals surface area contributed by atoms with Gasteiger partial charge in [0.1, 0.15) is 11.6 Å². The van der Waals surface area contributed by atoms with Gasteiger partial charge in [-0.2, -0.15) is 0 Å². The van der Waals surface area contributed by atoms with Gasteiger partial charge in [-0.3, -0.25) is 57.7 Å². The number of aromatic amines is 1. The van der Waals surface area contributed by atoms with Gasteiger partial charge < -0.3 is 35.3 Å². The van der Waals surface area contributed by atoms with Gasteiger partial charge >= 0.3 is 0 Å². The van der Waals surface area contributed by atoms with E-state index in [-0.39, 0.29) is 116 Å². The molecule has 82 heavy (non-hydrogen) atoms. The van der Waals surface area contributed by atoms with Crippen LogP contribution in [0.25, 0.3) is 10.9 Å². The fourth-order valence-corrected chi connectivity index (χ4v) is 12.2. The van der Waals surface area contributed by atoms with E-state index in [0.29, 0.717) is 77.3 Å². The summed E-state index contributed by atoms with van der Waals surface area (Å²) < 4.78 is 12.1. The zero-order valence-electron chi connectivity index (χ0n) is 51.0. The van der Waals surface area contributed by atoms with Gasteiger partial charge in [0.2, 0.25) is 23.6 Å². The van der Waals surface area contributed by atoms with Crippen molar-refractivity contribution in [3.63, 3.8) is 0 Å². The lowest BCUT2D eigenvalue weighted by Gasteiger charge is -2.41. The largest absolute Gasteiger partial charge is 0.379 e. The molecule has 9 atom stereocenters. The van der Waals surface area contributed by atoms with E-state index in [1.807, 2.05) is 84.0 Å². The van der Waals surface area contributed by atoms with Crippen molar-refractivity contribution in [1.82, 2.24) is 29.9 Å². The predicted octanol–water partition coefficient (Wildman–Crippen LogP) is 6.96. The molecule has 4 rings (SSSR count). The summed E-state index contributed by atoms with van der Waals surface area (Å²) in [6, 6.07) is 6.31. The average Bonchev–Trinajstić information content (AvgIpc) is 4.24. The molecule has 2 aromatic rings. The predicted molar refractivity (Wildman–Crippen MR) is 315 cm³/mol. The number of benzene rings is 1. The number of carbonyl (C=O) groups excluding carboxylic acids is 10. The van der Waals surface area contributed by atoms with Crippen molar-refractivity contribution in [2.75, 3.05) is 54.5 Å². The minimum atomic E-state index is -0.733. The quantitative estimate of drug-likeness (QED) is 0.0451. The number of hydrogen-bond donors (Lipinski definition) is 3. The van der Waals surface area contributed by atoms with Gasteiger partial charge in [0.25, 0.3) is 11.8 Å². The first-order chi connectivity index (χ1) is 38.9. The maximum atomic E-state index is 14.8. The first-order valence-electron chi connectivity index (χ1n) is 30.0. The molecule has 1 aromatic carbocycles. The number of nitrogens with one attached hydrogen (secondary N) is 2. The van der Waals surface area contributed by atoms with Crippen LogP contribution in [0.2, 0.25) is 0 Å². The molecule has 3 heterocycles. The number of amides is 6. The molecule has 6 amide bonds. The fourth-order valence-electron chi connectivity index (χ4n) is 12.2. The highest BCUT2D eigenvalue weighted by Crippen LogP contribution is 2.33. The second kappa shape index (κ2) is 34.0. The SMILES string of the molecule is CC[C@H](C)[C@@H]([C@@H](CC(=O)N1CCC[C@H]1[C@H](OC)[C@@H](C)C(=O)C[C@@H](Cc1c[nH]c2ccccc12)C(N)=O)OC)N(C)C(=O)[C@@H](CC(=O)[C@H](C(C)C)N(C)CCCC(=O)CNC(=O)CCCCCCC(=O)CCCN1C(=O)C=CC1=O)C(C)C. The van der Waals surface area contributed by atoms with E-state index in [1.165, 1.54) is 19.3 Å². The Kier molecular flexibility index (Phi) is 28.4. The molecule has 2 aliphatic rings. The topological polar surface area (TPSA) is 256 Å². The van der Waals surface area contributed by atoms with Crippen LogP contribution in [0.15, 0.2) is 42.6 Å². The Morgan fingerprint density at radius 2 is 1.43 bits per heavy atom. The van der Waals surface area contributed by atoms with Gasteiger partial charge in [-0.15, -0.1) is 0 Å². The standard InChI is InChI=1S/C63H97N7O12/c1-12-42(6)60(54(81-10)37-58(78)69-32-21-27-51(69)61(82-11)43(7)52(73)35-44(62(64)79)34-45-38-65-50-26-18-17-25-48(45)50)68(9)63(80)49(40(2)3)36-53(74)59(41(4)5)67(8)31-19-24-47(72)39-66-55(75)28-16-14-13-15-22-46(71)23-20-33-70-56(76)29-30-57(70)77/h17-18,25-26,29-30,38,40-44,49,51,54,59-61,65H,12-16,19-24,27-28,31-37,39H2,1-11H3,(H2,64,79)(H,66,75)/t42-,43-,44+,49-,51-,54+,59-,60-,61+/m0/s1. The Morgan fingerprint density at radius 1 is 0.780 bits per heavy atom. The van der Waals surface area contributed by atoms with Crippen molar-refractivity contribution < 1.29 is 57.4 Å². The number of fused-ring (bicyclic) bond motifs is 1. The molecular formula is C63H97N7O12. The molecular weight excluding hydrogens is 1050 g/mol. The average molecular weight is 1140 g/mol. The minimum absolute atomic E-state index is 0.000224. The minimum Gasteiger partial charge on any atom is -0.379 e. The molecule has 1 saturated heterocycles. The number of unbranched alkanes of at least 4 members (excludes halogenated alkanes) is 3. The molecule has 1 fully saturated rings. The van der Waals surface area contributed by atoms with Gasteiger partial charge in [-0.1, -0.05) is 85.9 Å². The zero-order chi connectivity index (χ0) is 60.8. The van der Waals surface area contributed by atoms with E-state index in [4.69, 9.17) is 15.2 Å². The summed E-state index contributed by atoms with van der Waals surface area (Å²) in [7, 11) is 6.67. The number of imide groups is 1. The van der Waals surface area contributed by atoms with Crippen molar-refractivity contribution in [3.8, 4) is 0 Å². The molecule has 0 spiro atoms. The zero-order valence-corrected chi connectivity index (χ0v) is 51.0. The smallest absolute Gasteiger partial charge is 0.253 e. The number of aromatic nitrogens is 1. The van der Waals surface area contributed by atoms with Crippen molar-refractivity contribution in [1.29, 1.82) is 0 Å². The lowest BCUT2D eigenvalue weighted by Crippen LogP contribution is -2.54. The van der Waals surface area contributed by atoms with Gasteiger partial charge in [0.05, 0.1) is 43.3 Å². The number of primary amides is 1. The first kappa shape index (κ1) is 68.6. The van der Waals surface area contributed by atoms with E-state index < -0.39 is 54.0 Å². The van der Waals surface area contributed by atoms with Crippen LogP contribution in [-0.4, -0.2) is 168 Å². The van der Waals surface area contributed by atoms with Gasteiger partial charge in [0, 0.05) is 120 Å². The lowest BCUT2D eigenvalue weighted by atomic mass is 9.83. The van der Waals surface area contributed by atoms with Crippen LogP contribution in [0.5, 0.6) is 0 Å². The molecule has 2 aliphatic heterocycles. The van der Waals surface area contributed by atoms with Crippen molar-refractivity contribution in [2.24, 2.45) is 41.2 Å². The molecule has 0 aliphatic carbocycles. The summed E-state index contributed by atoms with van der Waals surface area (Å²) in [6.07, 6.45) is 10.1. The summed E-state index contributed by atoms with van der Waals surface area (Å²) in [4.78, 5) is 141. The number of likely N-dealkylation sites (tertiary alicyclic amines) is 1. The molecule has 0 unspecified atom stereocenters. The molecule has 0 radical (unpaired) electrons. The number of hydrogen-bond acceptors (Lipinski definition) is 13. The van der Waals surface area contributed by atoms with E-state index in [0.717, 1.165) is 34.2 Å². The third-order valence-corrected chi connectivity index (χ3v) is 17.1. The summed E-state index contributed by atoms with van der Waals surface area (Å²) >= 11 is 0. The second-order valence-corrected chi connectivity index (χ2v) is 23.7. The summed E-state index contributed by atoms with van der Waals surface area (Å²) in [5.41, 5.74) is 7.71. The van der Waals surface area contributed by atoms with Crippen LogP contribution in [0, 0.1) is 35.5 Å². The highest BCUT2D eigenvalue weighted by Gasteiger charge is 2.44.